The number of hydrogen-bond acceptors (Lipinski definition) is 5. The zero-order valence-corrected chi connectivity index (χ0v) is 19.6. The fraction of sp³-hybridized carbons (Fsp3) is 0.652. The SMILES string of the molecule is Cc1c2c(c(Cl)c3c1C(=O)NCC3)OC(C)(C1CCC(NC(=O)OC(C)(C)C)CC1)O2. The molecule has 0 spiro atoms. The van der Waals surface area contributed by atoms with Crippen LogP contribution in [0.3, 0.4) is 0 Å². The third-order valence-corrected chi connectivity index (χ3v) is 6.77. The van der Waals surface area contributed by atoms with Gasteiger partial charge in [0, 0.05) is 31.0 Å². The van der Waals surface area contributed by atoms with Gasteiger partial charge in [0.2, 0.25) is 0 Å². The normalized spacial score (nSPS) is 27.4. The largest absolute Gasteiger partial charge is 0.448 e. The Morgan fingerprint density at radius 1 is 1.19 bits per heavy atom. The molecule has 31 heavy (non-hydrogen) atoms. The molecule has 1 aromatic carbocycles. The van der Waals surface area contributed by atoms with E-state index in [9.17, 15) is 9.59 Å². The maximum atomic E-state index is 12.4. The van der Waals surface area contributed by atoms with Crippen LogP contribution in [0.2, 0.25) is 5.02 Å². The van der Waals surface area contributed by atoms with Crippen molar-refractivity contribution in [3.63, 3.8) is 0 Å². The molecule has 7 nitrogen and oxygen atoms in total. The number of amides is 2. The van der Waals surface area contributed by atoms with Crippen molar-refractivity contribution in [1.29, 1.82) is 0 Å². The quantitative estimate of drug-likeness (QED) is 0.692. The van der Waals surface area contributed by atoms with Crippen molar-refractivity contribution in [1.82, 2.24) is 10.6 Å². The van der Waals surface area contributed by atoms with Crippen LogP contribution in [0.4, 0.5) is 4.79 Å². The first-order chi connectivity index (χ1) is 14.5. The molecule has 8 heteroatoms. The first-order valence-corrected chi connectivity index (χ1v) is 11.4. The number of benzene rings is 1. The lowest BCUT2D eigenvalue weighted by molar-refractivity contribution is -0.121. The average Bonchev–Trinajstić information content (AvgIpc) is 3.04. The molecule has 170 valence electrons. The van der Waals surface area contributed by atoms with Crippen molar-refractivity contribution in [3.8, 4) is 11.5 Å². The van der Waals surface area contributed by atoms with Crippen LogP contribution in [0.1, 0.15) is 74.9 Å². The molecular formula is C23H31ClN2O5. The van der Waals surface area contributed by atoms with E-state index in [4.69, 9.17) is 25.8 Å². The number of fused-ring (bicyclic) bond motifs is 2. The maximum absolute atomic E-state index is 12.4. The molecule has 0 aromatic heterocycles. The summed E-state index contributed by atoms with van der Waals surface area (Å²) in [5.41, 5.74) is 1.70. The second-order valence-electron chi connectivity index (χ2n) is 9.87. The monoisotopic (exact) mass is 450 g/mol. The first-order valence-electron chi connectivity index (χ1n) is 11.0. The first kappa shape index (κ1) is 22.1. The molecular weight excluding hydrogens is 420 g/mol. The van der Waals surface area contributed by atoms with E-state index in [1.54, 1.807) is 0 Å². The maximum Gasteiger partial charge on any atom is 0.407 e. The van der Waals surface area contributed by atoms with Gasteiger partial charge in [-0.15, -0.1) is 0 Å². The Morgan fingerprint density at radius 3 is 2.48 bits per heavy atom. The van der Waals surface area contributed by atoms with Crippen LogP contribution >= 0.6 is 11.6 Å². The van der Waals surface area contributed by atoms with Gasteiger partial charge in [-0.2, -0.15) is 0 Å². The van der Waals surface area contributed by atoms with E-state index in [1.807, 2.05) is 34.6 Å². The summed E-state index contributed by atoms with van der Waals surface area (Å²) in [6.07, 6.45) is 3.59. The Hall–Kier alpha value is -2.15. The molecule has 0 bridgehead atoms. The molecule has 0 saturated heterocycles. The van der Waals surface area contributed by atoms with E-state index >= 15 is 0 Å². The molecule has 2 aliphatic heterocycles. The van der Waals surface area contributed by atoms with E-state index in [0.29, 0.717) is 35.1 Å². The fourth-order valence-corrected chi connectivity index (χ4v) is 5.14. The molecule has 1 fully saturated rings. The van der Waals surface area contributed by atoms with Crippen molar-refractivity contribution in [3.05, 3.63) is 21.7 Å². The van der Waals surface area contributed by atoms with Crippen molar-refractivity contribution in [2.45, 2.75) is 84.2 Å². The lowest BCUT2D eigenvalue weighted by Gasteiger charge is -2.37. The summed E-state index contributed by atoms with van der Waals surface area (Å²) in [5, 5.41) is 6.33. The summed E-state index contributed by atoms with van der Waals surface area (Å²) in [6.45, 7) is 9.95. The second kappa shape index (κ2) is 7.76. The number of halogens is 1. The molecule has 1 unspecified atom stereocenters. The van der Waals surface area contributed by atoms with Crippen molar-refractivity contribution in [2.75, 3.05) is 6.54 Å². The molecule has 2 N–H and O–H groups in total. The molecule has 2 heterocycles. The minimum atomic E-state index is -0.853. The summed E-state index contributed by atoms with van der Waals surface area (Å²) < 4.78 is 18.0. The van der Waals surface area contributed by atoms with Gasteiger partial charge in [-0.3, -0.25) is 4.79 Å². The minimum absolute atomic E-state index is 0.0693. The van der Waals surface area contributed by atoms with Crippen LogP contribution in [0, 0.1) is 12.8 Å². The summed E-state index contributed by atoms with van der Waals surface area (Å²) in [4.78, 5) is 24.5. The van der Waals surface area contributed by atoms with Crippen LogP contribution in [0.25, 0.3) is 0 Å². The number of nitrogens with one attached hydrogen (secondary N) is 2. The Labute approximate surface area is 188 Å². The van der Waals surface area contributed by atoms with Gasteiger partial charge in [0.25, 0.3) is 11.7 Å². The van der Waals surface area contributed by atoms with Gasteiger partial charge >= 0.3 is 6.09 Å². The Kier molecular flexibility index (Phi) is 5.53. The Morgan fingerprint density at radius 2 is 1.84 bits per heavy atom. The van der Waals surface area contributed by atoms with Crippen molar-refractivity contribution in [2.24, 2.45) is 5.92 Å². The van der Waals surface area contributed by atoms with E-state index in [1.165, 1.54) is 0 Å². The number of alkyl carbamates (subject to hydrolysis) is 1. The third kappa shape index (κ3) is 4.16. The fourth-order valence-electron chi connectivity index (χ4n) is 4.83. The van der Waals surface area contributed by atoms with Crippen LogP contribution in [0.5, 0.6) is 11.5 Å². The van der Waals surface area contributed by atoms with Crippen LogP contribution in [-0.2, 0) is 11.2 Å². The van der Waals surface area contributed by atoms with Gasteiger partial charge in [-0.25, -0.2) is 4.79 Å². The van der Waals surface area contributed by atoms with Gasteiger partial charge in [-0.05, 0) is 65.4 Å². The number of hydrogen-bond donors (Lipinski definition) is 2. The molecule has 1 atom stereocenters. The van der Waals surface area contributed by atoms with Crippen LogP contribution < -0.4 is 20.1 Å². The predicted molar refractivity (Wildman–Crippen MR) is 117 cm³/mol. The standard InChI is InChI=1S/C23H31ClN2O5/c1-12-16-15(10-11-25-20(16)27)17(24)19-18(12)29-23(5,30-19)13-6-8-14(9-7-13)26-21(28)31-22(2,3)4/h13-14H,6-11H2,1-5H3,(H,25,27)(H,26,28). The molecule has 0 radical (unpaired) electrons. The third-order valence-electron chi connectivity index (χ3n) is 6.37. The predicted octanol–water partition coefficient (Wildman–Crippen LogP) is 4.51. The van der Waals surface area contributed by atoms with Crippen molar-refractivity contribution >= 4 is 23.6 Å². The number of carbonyl (C=O) groups is 2. The number of carbonyl (C=O) groups excluding carboxylic acids is 2. The zero-order valence-electron chi connectivity index (χ0n) is 18.8. The molecule has 3 aliphatic rings. The molecule has 2 amide bonds. The van der Waals surface area contributed by atoms with Crippen molar-refractivity contribution < 1.29 is 23.8 Å². The van der Waals surface area contributed by atoms with E-state index in [-0.39, 0.29) is 24.0 Å². The summed E-state index contributed by atoms with van der Waals surface area (Å²) >= 11 is 6.66. The summed E-state index contributed by atoms with van der Waals surface area (Å²) in [6, 6.07) is 0.0693. The van der Waals surface area contributed by atoms with Crippen LogP contribution in [0.15, 0.2) is 0 Å². The summed E-state index contributed by atoms with van der Waals surface area (Å²) in [5.74, 6) is 0.280. The van der Waals surface area contributed by atoms with E-state index < -0.39 is 11.4 Å². The lowest BCUT2D eigenvalue weighted by atomic mass is 9.81. The average molecular weight is 451 g/mol. The number of rotatable bonds is 2. The highest BCUT2D eigenvalue weighted by Gasteiger charge is 2.48. The highest BCUT2D eigenvalue weighted by molar-refractivity contribution is 6.34. The van der Waals surface area contributed by atoms with Gasteiger partial charge < -0.3 is 24.8 Å². The van der Waals surface area contributed by atoms with E-state index in [2.05, 4.69) is 10.6 Å². The topological polar surface area (TPSA) is 85.9 Å². The second-order valence-corrected chi connectivity index (χ2v) is 10.2. The highest BCUT2D eigenvalue weighted by Crippen LogP contribution is 2.53. The van der Waals surface area contributed by atoms with E-state index in [0.717, 1.165) is 36.8 Å². The lowest BCUT2D eigenvalue weighted by Crippen LogP contribution is -2.48. The molecule has 4 rings (SSSR count). The summed E-state index contributed by atoms with van der Waals surface area (Å²) in [7, 11) is 0. The van der Waals surface area contributed by atoms with Gasteiger partial charge in [-0.1, -0.05) is 11.6 Å². The number of ether oxygens (including phenoxy) is 3. The Balaban J connectivity index is 1.46. The Bertz CT molecular complexity index is 918. The molecule has 1 aromatic rings. The molecule has 1 aliphatic carbocycles. The van der Waals surface area contributed by atoms with Gasteiger partial charge in [0.1, 0.15) is 5.60 Å². The van der Waals surface area contributed by atoms with Gasteiger partial charge in [0.05, 0.1) is 10.6 Å². The highest BCUT2D eigenvalue weighted by atomic mass is 35.5. The van der Waals surface area contributed by atoms with Crippen LogP contribution in [-0.4, -0.2) is 36.0 Å². The minimum Gasteiger partial charge on any atom is -0.448 e. The van der Waals surface area contributed by atoms with Gasteiger partial charge in [0.15, 0.2) is 11.5 Å². The molecule has 1 saturated carbocycles. The zero-order chi connectivity index (χ0) is 22.6. The smallest absolute Gasteiger partial charge is 0.407 e.